The van der Waals surface area contributed by atoms with Crippen molar-refractivity contribution in [3.63, 3.8) is 0 Å². The van der Waals surface area contributed by atoms with Crippen LogP contribution >= 0.6 is 0 Å². The molecule has 0 N–H and O–H groups in total. The molecule has 19 heavy (non-hydrogen) atoms. The molecule has 0 atom stereocenters. The number of rotatable bonds is 2. The predicted octanol–water partition coefficient (Wildman–Crippen LogP) is 1.78. The molecule has 0 bridgehead atoms. The first-order valence-electron chi connectivity index (χ1n) is 7.00. The van der Waals surface area contributed by atoms with Gasteiger partial charge in [0, 0.05) is 26.2 Å². The molecule has 3 rings (SSSR count). The van der Waals surface area contributed by atoms with Crippen molar-refractivity contribution in [2.45, 2.75) is 32.2 Å². The van der Waals surface area contributed by atoms with Crippen molar-refractivity contribution in [3.8, 4) is 0 Å². The summed E-state index contributed by atoms with van der Waals surface area (Å²) in [5, 5.41) is 0. The fourth-order valence-electron chi connectivity index (χ4n) is 2.93. The van der Waals surface area contributed by atoms with Gasteiger partial charge in [0.15, 0.2) is 0 Å². The zero-order valence-electron chi connectivity index (χ0n) is 11.1. The molecule has 0 saturated carbocycles. The Balaban J connectivity index is 1.80. The van der Waals surface area contributed by atoms with E-state index in [2.05, 4.69) is 6.07 Å². The van der Waals surface area contributed by atoms with E-state index in [0.29, 0.717) is 26.2 Å². The van der Waals surface area contributed by atoms with Gasteiger partial charge in [0.25, 0.3) is 10.2 Å². The smallest absolute Gasteiger partial charge is 0.195 e. The van der Waals surface area contributed by atoms with Crippen LogP contribution in [0, 0.1) is 0 Å². The first-order chi connectivity index (χ1) is 9.18. The molecule has 0 spiro atoms. The Morgan fingerprint density at radius 1 is 0.842 bits per heavy atom. The average molecular weight is 280 g/mol. The van der Waals surface area contributed by atoms with Crippen molar-refractivity contribution in [1.29, 1.82) is 0 Å². The van der Waals surface area contributed by atoms with Crippen LogP contribution in [0.15, 0.2) is 24.3 Å². The van der Waals surface area contributed by atoms with E-state index in [0.717, 1.165) is 31.2 Å². The third-order valence-electron chi connectivity index (χ3n) is 4.06. The SMILES string of the molecule is O=S(=O)(N1CCCCC1)N1CCc2ccccc2C1. The van der Waals surface area contributed by atoms with Crippen molar-refractivity contribution < 1.29 is 8.42 Å². The minimum atomic E-state index is -3.26. The summed E-state index contributed by atoms with van der Waals surface area (Å²) in [5.74, 6) is 0. The van der Waals surface area contributed by atoms with E-state index in [1.807, 2.05) is 18.2 Å². The lowest BCUT2D eigenvalue weighted by molar-refractivity contribution is 0.295. The summed E-state index contributed by atoms with van der Waals surface area (Å²) >= 11 is 0. The van der Waals surface area contributed by atoms with E-state index in [1.54, 1.807) is 8.61 Å². The second-order valence-corrected chi connectivity index (χ2v) is 7.25. The molecule has 0 aromatic heterocycles. The largest absolute Gasteiger partial charge is 0.282 e. The van der Waals surface area contributed by atoms with Gasteiger partial charge in [-0.2, -0.15) is 17.0 Å². The van der Waals surface area contributed by atoms with Crippen molar-refractivity contribution in [2.75, 3.05) is 19.6 Å². The minimum absolute atomic E-state index is 0.523. The van der Waals surface area contributed by atoms with Crippen LogP contribution < -0.4 is 0 Å². The van der Waals surface area contributed by atoms with Crippen LogP contribution in [0.25, 0.3) is 0 Å². The van der Waals surface area contributed by atoms with Crippen molar-refractivity contribution in [3.05, 3.63) is 35.4 Å². The van der Waals surface area contributed by atoms with Gasteiger partial charge >= 0.3 is 0 Å². The fraction of sp³-hybridized carbons (Fsp3) is 0.571. The fourth-order valence-corrected chi connectivity index (χ4v) is 4.60. The number of benzene rings is 1. The Morgan fingerprint density at radius 2 is 1.53 bits per heavy atom. The average Bonchev–Trinajstić information content (AvgIpc) is 2.47. The first-order valence-corrected chi connectivity index (χ1v) is 8.39. The second kappa shape index (κ2) is 5.23. The quantitative estimate of drug-likeness (QED) is 0.828. The second-order valence-electron chi connectivity index (χ2n) is 5.32. The van der Waals surface area contributed by atoms with Crippen LogP contribution in [0.5, 0.6) is 0 Å². The molecule has 0 aliphatic carbocycles. The predicted molar refractivity (Wildman–Crippen MR) is 74.9 cm³/mol. The third-order valence-corrected chi connectivity index (χ3v) is 6.05. The summed E-state index contributed by atoms with van der Waals surface area (Å²) in [7, 11) is -3.26. The Bertz CT molecular complexity index is 550. The van der Waals surface area contributed by atoms with Gasteiger partial charge in [-0.1, -0.05) is 30.7 Å². The maximum absolute atomic E-state index is 12.6. The van der Waals surface area contributed by atoms with Crippen molar-refractivity contribution in [2.24, 2.45) is 0 Å². The highest BCUT2D eigenvalue weighted by Crippen LogP contribution is 2.24. The number of hydrogen-bond acceptors (Lipinski definition) is 2. The lowest BCUT2D eigenvalue weighted by atomic mass is 10.0. The van der Waals surface area contributed by atoms with Crippen molar-refractivity contribution in [1.82, 2.24) is 8.61 Å². The zero-order chi connectivity index (χ0) is 13.3. The molecule has 2 aliphatic heterocycles. The summed E-state index contributed by atoms with van der Waals surface area (Å²) in [6.07, 6.45) is 3.95. The van der Waals surface area contributed by atoms with Gasteiger partial charge in [-0.15, -0.1) is 0 Å². The van der Waals surface area contributed by atoms with Gasteiger partial charge < -0.3 is 0 Å². The standard InChI is InChI=1S/C14H20N2O2S/c17-19(18,15-9-4-1-5-10-15)16-11-8-13-6-2-3-7-14(13)12-16/h2-3,6-7H,1,4-5,8-12H2. The summed E-state index contributed by atoms with van der Waals surface area (Å²) < 4.78 is 28.5. The van der Waals surface area contributed by atoms with Gasteiger partial charge in [0.1, 0.15) is 0 Å². The van der Waals surface area contributed by atoms with Crippen LogP contribution in [0.3, 0.4) is 0 Å². The zero-order valence-corrected chi connectivity index (χ0v) is 11.9. The lowest BCUT2D eigenvalue weighted by Crippen LogP contribution is -2.47. The maximum Gasteiger partial charge on any atom is 0.282 e. The molecule has 1 fully saturated rings. The maximum atomic E-state index is 12.6. The van der Waals surface area contributed by atoms with E-state index in [4.69, 9.17) is 0 Å². The van der Waals surface area contributed by atoms with Gasteiger partial charge in [0.05, 0.1) is 0 Å². The van der Waals surface area contributed by atoms with Gasteiger partial charge in [-0.25, -0.2) is 0 Å². The molecule has 1 aromatic carbocycles. The van der Waals surface area contributed by atoms with Gasteiger partial charge in [-0.3, -0.25) is 0 Å². The molecule has 2 heterocycles. The van der Waals surface area contributed by atoms with Crippen LogP contribution in [0.1, 0.15) is 30.4 Å². The molecule has 4 nitrogen and oxygen atoms in total. The monoisotopic (exact) mass is 280 g/mol. The molecule has 0 radical (unpaired) electrons. The molecule has 5 heteroatoms. The number of fused-ring (bicyclic) bond motifs is 1. The van der Waals surface area contributed by atoms with E-state index in [1.165, 1.54) is 5.56 Å². The summed E-state index contributed by atoms with van der Waals surface area (Å²) in [4.78, 5) is 0. The molecule has 1 aromatic rings. The molecule has 0 amide bonds. The minimum Gasteiger partial charge on any atom is -0.195 e. The Morgan fingerprint density at radius 3 is 2.26 bits per heavy atom. The highest BCUT2D eigenvalue weighted by molar-refractivity contribution is 7.86. The van der Waals surface area contributed by atoms with Crippen LogP contribution in [0.2, 0.25) is 0 Å². The summed E-state index contributed by atoms with van der Waals surface area (Å²) in [6, 6.07) is 8.14. The normalized spacial score (nSPS) is 22.1. The van der Waals surface area contributed by atoms with Gasteiger partial charge in [-0.05, 0) is 30.4 Å². The molecule has 0 unspecified atom stereocenters. The van der Waals surface area contributed by atoms with Crippen LogP contribution in [-0.2, 0) is 23.2 Å². The number of piperidine rings is 1. The molecular formula is C14H20N2O2S. The molecular weight excluding hydrogens is 260 g/mol. The summed E-state index contributed by atoms with van der Waals surface area (Å²) in [6.45, 7) is 2.49. The Kier molecular flexibility index (Phi) is 3.60. The van der Waals surface area contributed by atoms with E-state index < -0.39 is 10.2 Å². The van der Waals surface area contributed by atoms with E-state index in [-0.39, 0.29) is 0 Å². The number of nitrogens with zero attached hydrogens (tertiary/aromatic N) is 2. The molecule has 2 aliphatic rings. The van der Waals surface area contributed by atoms with Crippen LogP contribution in [-0.4, -0.2) is 36.7 Å². The van der Waals surface area contributed by atoms with Crippen LogP contribution in [0.4, 0.5) is 0 Å². The van der Waals surface area contributed by atoms with Gasteiger partial charge in [0.2, 0.25) is 0 Å². The molecule has 1 saturated heterocycles. The van der Waals surface area contributed by atoms with E-state index in [9.17, 15) is 8.42 Å². The first kappa shape index (κ1) is 13.1. The highest BCUT2D eigenvalue weighted by atomic mass is 32.2. The molecule has 104 valence electrons. The van der Waals surface area contributed by atoms with E-state index >= 15 is 0 Å². The summed E-state index contributed by atoms with van der Waals surface area (Å²) in [5.41, 5.74) is 2.43. The van der Waals surface area contributed by atoms with Crippen molar-refractivity contribution >= 4 is 10.2 Å². The highest BCUT2D eigenvalue weighted by Gasteiger charge is 2.32. The Labute approximate surface area is 115 Å². The number of hydrogen-bond donors (Lipinski definition) is 0. The topological polar surface area (TPSA) is 40.6 Å². The Hall–Kier alpha value is -0.910. The third kappa shape index (κ3) is 2.55. The lowest BCUT2D eigenvalue weighted by Gasteiger charge is -2.34.